The Hall–Kier alpha value is -0.760. The van der Waals surface area contributed by atoms with Gasteiger partial charge in [-0.1, -0.05) is 37.8 Å². The summed E-state index contributed by atoms with van der Waals surface area (Å²) >= 11 is 1.96. The van der Waals surface area contributed by atoms with Gasteiger partial charge in [0.25, 0.3) is 0 Å². The molecule has 0 N–H and O–H groups in total. The fraction of sp³-hybridized carbons (Fsp3) is 0.533. The number of rotatable bonds is 3. The van der Waals surface area contributed by atoms with Gasteiger partial charge in [0, 0.05) is 15.7 Å². The van der Waals surface area contributed by atoms with Gasteiger partial charge >= 0.3 is 0 Å². The van der Waals surface area contributed by atoms with Crippen LogP contribution in [0.15, 0.2) is 29.2 Å². The highest BCUT2D eigenvalue weighted by Gasteiger charge is 2.13. The highest BCUT2D eigenvalue weighted by molar-refractivity contribution is 8.00. The van der Waals surface area contributed by atoms with E-state index in [-0.39, 0.29) is 5.78 Å². The fourth-order valence-electron chi connectivity index (χ4n) is 2.34. The Balaban J connectivity index is 2.01. The molecule has 0 spiro atoms. The molecule has 0 heterocycles. The minimum absolute atomic E-state index is 0.160. The number of hydrogen-bond donors (Lipinski definition) is 0. The number of ketones is 1. The van der Waals surface area contributed by atoms with E-state index < -0.39 is 0 Å². The second-order valence-electron chi connectivity index (χ2n) is 4.82. The van der Waals surface area contributed by atoms with Gasteiger partial charge in [-0.3, -0.25) is 4.79 Å². The van der Waals surface area contributed by atoms with Crippen molar-refractivity contribution in [2.75, 3.05) is 0 Å². The lowest BCUT2D eigenvalue weighted by molar-refractivity contribution is 0.101. The Morgan fingerprint density at radius 3 is 2.53 bits per heavy atom. The van der Waals surface area contributed by atoms with Gasteiger partial charge in [0.15, 0.2) is 5.78 Å². The predicted molar refractivity (Wildman–Crippen MR) is 73.8 cm³/mol. The van der Waals surface area contributed by atoms with Crippen LogP contribution in [0.2, 0.25) is 0 Å². The SMILES string of the molecule is CC(=O)c1cccc(SC2CCCCCC2)c1. The van der Waals surface area contributed by atoms with Crippen molar-refractivity contribution in [3.8, 4) is 0 Å². The van der Waals surface area contributed by atoms with Crippen molar-refractivity contribution in [2.45, 2.75) is 55.6 Å². The topological polar surface area (TPSA) is 17.1 Å². The maximum absolute atomic E-state index is 11.3. The van der Waals surface area contributed by atoms with Crippen LogP contribution in [0.5, 0.6) is 0 Å². The summed E-state index contributed by atoms with van der Waals surface area (Å²) in [6.45, 7) is 1.63. The normalized spacial score (nSPS) is 17.7. The van der Waals surface area contributed by atoms with Gasteiger partial charge in [0.2, 0.25) is 0 Å². The van der Waals surface area contributed by atoms with Crippen LogP contribution in [0.3, 0.4) is 0 Å². The Bertz CT molecular complexity index is 378. The van der Waals surface area contributed by atoms with E-state index in [1.54, 1.807) is 6.92 Å². The molecule has 92 valence electrons. The standard InChI is InChI=1S/C15H20OS/c1-12(16)13-7-6-10-15(11-13)17-14-8-4-2-3-5-9-14/h6-7,10-11,14H,2-5,8-9H2,1H3. The molecule has 1 aromatic rings. The molecule has 0 atom stereocenters. The maximum atomic E-state index is 11.3. The average molecular weight is 248 g/mol. The molecular weight excluding hydrogens is 228 g/mol. The van der Waals surface area contributed by atoms with Crippen molar-refractivity contribution >= 4 is 17.5 Å². The van der Waals surface area contributed by atoms with Crippen LogP contribution in [-0.2, 0) is 0 Å². The van der Waals surface area contributed by atoms with Crippen molar-refractivity contribution in [2.24, 2.45) is 0 Å². The molecule has 0 radical (unpaired) electrons. The van der Waals surface area contributed by atoms with E-state index in [2.05, 4.69) is 6.07 Å². The minimum Gasteiger partial charge on any atom is -0.295 e. The molecule has 0 bridgehead atoms. The van der Waals surface area contributed by atoms with E-state index in [0.29, 0.717) is 0 Å². The van der Waals surface area contributed by atoms with Crippen LogP contribution in [0.4, 0.5) is 0 Å². The van der Waals surface area contributed by atoms with Crippen LogP contribution < -0.4 is 0 Å². The summed E-state index contributed by atoms with van der Waals surface area (Å²) in [5.41, 5.74) is 0.837. The molecule has 1 saturated carbocycles. The van der Waals surface area contributed by atoms with Gasteiger partial charge in [-0.15, -0.1) is 11.8 Å². The largest absolute Gasteiger partial charge is 0.295 e. The van der Waals surface area contributed by atoms with Gasteiger partial charge in [0.1, 0.15) is 0 Å². The van der Waals surface area contributed by atoms with Crippen LogP contribution in [0.25, 0.3) is 0 Å². The van der Waals surface area contributed by atoms with Gasteiger partial charge in [-0.05, 0) is 31.9 Å². The molecule has 17 heavy (non-hydrogen) atoms. The zero-order chi connectivity index (χ0) is 12.1. The maximum Gasteiger partial charge on any atom is 0.159 e. The monoisotopic (exact) mass is 248 g/mol. The van der Waals surface area contributed by atoms with Crippen molar-refractivity contribution in [1.82, 2.24) is 0 Å². The van der Waals surface area contributed by atoms with Crippen molar-refractivity contribution in [1.29, 1.82) is 0 Å². The third-order valence-corrected chi connectivity index (χ3v) is 4.68. The molecule has 0 saturated heterocycles. The van der Waals surface area contributed by atoms with Crippen LogP contribution in [-0.4, -0.2) is 11.0 Å². The first kappa shape index (κ1) is 12.7. The molecule has 1 nitrogen and oxygen atoms in total. The van der Waals surface area contributed by atoms with Gasteiger partial charge in [-0.2, -0.15) is 0 Å². The summed E-state index contributed by atoms with van der Waals surface area (Å²) in [5, 5.41) is 0.750. The third-order valence-electron chi connectivity index (χ3n) is 3.35. The summed E-state index contributed by atoms with van der Waals surface area (Å²) in [7, 11) is 0. The van der Waals surface area contributed by atoms with E-state index in [0.717, 1.165) is 10.8 Å². The number of carbonyl (C=O) groups is 1. The predicted octanol–water partition coefficient (Wildman–Crippen LogP) is 4.70. The molecule has 1 aromatic carbocycles. The highest BCUT2D eigenvalue weighted by atomic mass is 32.2. The number of carbonyl (C=O) groups excluding carboxylic acids is 1. The molecule has 1 fully saturated rings. The molecule has 1 aliphatic rings. The smallest absolute Gasteiger partial charge is 0.159 e. The number of benzene rings is 1. The zero-order valence-corrected chi connectivity index (χ0v) is 11.3. The second-order valence-corrected chi connectivity index (χ2v) is 6.19. The Morgan fingerprint density at radius 1 is 1.18 bits per heavy atom. The lowest BCUT2D eigenvalue weighted by Crippen LogP contribution is -2.00. The Kier molecular flexibility index (Phi) is 4.66. The van der Waals surface area contributed by atoms with Gasteiger partial charge < -0.3 is 0 Å². The molecular formula is C15H20OS. The Morgan fingerprint density at radius 2 is 1.88 bits per heavy atom. The van der Waals surface area contributed by atoms with Crippen molar-refractivity contribution in [3.63, 3.8) is 0 Å². The molecule has 0 amide bonds. The molecule has 0 unspecified atom stereocenters. The summed E-state index contributed by atoms with van der Waals surface area (Å²) in [4.78, 5) is 12.6. The van der Waals surface area contributed by atoms with Crippen LogP contribution in [0, 0.1) is 0 Å². The summed E-state index contributed by atoms with van der Waals surface area (Å²) in [6.07, 6.45) is 8.17. The molecule has 0 aromatic heterocycles. The van der Waals surface area contributed by atoms with Gasteiger partial charge in [0.05, 0.1) is 0 Å². The summed E-state index contributed by atoms with van der Waals surface area (Å²) in [6, 6.07) is 8.06. The minimum atomic E-state index is 0.160. The van der Waals surface area contributed by atoms with Gasteiger partial charge in [-0.25, -0.2) is 0 Å². The molecule has 2 heteroatoms. The Labute approximate surface area is 108 Å². The average Bonchev–Trinajstić information content (AvgIpc) is 2.58. The second kappa shape index (κ2) is 6.25. The number of thioether (sulfide) groups is 1. The fourth-order valence-corrected chi connectivity index (χ4v) is 3.65. The van der Waals surface area contributed by atoms with E-state index in [1.807, 2.05) is 30.0 Å². The van der Waals surface area contributed by atoms with E-state index in [4.69, 9.17) is 0 Å². The molecule has 2 rings (SSSR count). The number of hydrogen-bond acceptors (Lipinski definition) is 2. The lowest BCUT2D eigenvalue weighted by Gasteiger charge is -2.13. The lowest BCUT2D eigenvalue weighted by atomic mass is 10.2. The first-order valence-electron chi connectivity index (χ1n) is 6.53. The van der Waals surface area contributed by atoms with Crippen LogP contribution >= 0.6 is 11.8 Å². The first-order chi connectivity index (χ1) is 8.25. The van der Waals surface area contributed by atoms with E-state index >= 15 is 0 Å². The van der Waals surface area contributed by atoms with E-state index in [9.17, 15) is 4.79 Å². The van der Waals surface area contributed by atoms with Crippen molar-refractivity contribution < 1.29 is 4.79 Å². The summed E-state index contributed by atoms with van der Waals surface area (Å²) < 4.78 is 0. The molecule has 0 aliphatic heterocycles. The highest BCUT2D eigenvalue weighted by Crippen LogP contribution is 2.33. The van der Waals surface area contributed by atoms with Crippen LogP contribution in [0.1, 0.15) is 55.8 Å². The first-order valence-corrected chi connectivity index (χ1v) is 7.41. The third kappa shape index (κ3) is 3.88. The zero-order valence-electron chi connectivity index (χ0n) is 10.4. The van der Waals surface area contributed by atoms with Crippen molar-refractivity contribution in [3.05, 3.63) is 29.8 Å². The quantitative estimate of drug-likeness (QED) is 0.569. The van der Waals surface area contributed by atoms with E-state index in [1.165, 1.54) is 43.4 Å². The summed E-state index contributed by atoms with van der Waals surface area (Å²) in [5.74, 6) is 0.160. The number of Topliss-reactive ketones (excluding diaryl/α,β-unsaturated/α-hetero) is 1. The molecule has 1 aliphatic carbocycles.